The highest BCUT2D eigenvalue weighted by Gasteiger charge is 2.23. The molecule has 1 aliphatic heterocycles. The number of ether oxygens (including phenoxy) is 1. The Bertz CT molecular complexity index is 584. The van der Waals surface area contributed by atoms with Crippen LogP contribution in [0.3, 0.4) is 0 Å². The first kappa shape index (κ1) is 19.3. The lowest BCUT2D eigenvalue weighted by atomic mass is 10.1. The van der Waals surface area contributed by atoms with Gasteiger partial charge in [-0.3, -0.25) is 9.59 Å². The van der Waals surface area contributed by atoms with E-state index in [1.165, 1.54) is 6.42 Å². The van der Waals surface area contributed by atoms with E-state index in [9.17, 15) is 9.59 Å². The van der Waals surface area contributed by atoms with Crippen LogP contribution in [0.1, 0.15) is 45.6 Å². The van der Waals surface area contributed by atoms with E-state index in [2.05, 4.69) is 0 Å². The second-order valence-electron chi connectivity index (χ2n) is 7.72. The molecule has 0 saturated carbocycles. The molecule has 0 atom stereocenters. The summed E-state index contributed by atoms with van der Waals surface area (Å²) in [6, 6.07) is 7.87. The predicted octanol–water partition coefficient (Wildman–Crippen LogP) is 3.16. The third kappa shape index (κ3) is 6.40. The summed E-state index contributed by atoms with van der Waals surface area (Å²) >= 11 is 0. The van der Waals surface area contributed by atoms with Crippen molar-refractivity contribution >= 4 is 17.6 Å². The van der Waals surface area contributed by atoms with Crippen molar-refractivity contribution in [3.05, 3.63) is 29.8 Å². The Kier molecular flexibility index (Phi) is 6.45. The highest BCUT2D eigenvalue weighted by molar-refractivity contribution is 5.84. The van der Waals surface area contributed by atoms with E-state index in [0.717, 1.165) is 37.2 Å². The number of esters is 1. The minimum absolute atomic E-state index is 0.0694. The van der Waals surface area contributed by atoms with Gasteiger partial charge in [-0.2, -0.15) is 0 Å². The molecule has 1 saturated heterocycles. The summed E-state index contributed by atoms with van der Waals surface area (Å²) in [4.78, 5) is 28.6. The van der Waals surface area contributed by atoms with Crippen molar-refractivity contribution in [2.24, 2.45) is 0 Å². The van der Waals surface area contributed by atoms with Crippen molar-refractivity contribution in [1.29, 1.82) is 0 Å². The molecule has 5 nitrogen and oxygen atoms in total. The summed E-state index contributed by atoms with van der Waals surface area (Å²) in [5, 5.41) is 0. The molecule has 0 unspecified atom stereocenters. The molecule has 1 fully saturated rings. The van der Waals surface area contributed by atoms with Crippen molar-refractivity contribution in [1.82, 2.24) is 4.90 Å². The first-order valence-electron chi connectivity index (χ1n) is 9.06. The van der Waals surface area contributed by atoms with E-state index in [4.69, 9.17) is 4.74 Å². The lowest BCUT2D eigenvalue weighted by Gasteiger charge is -2.31. The smallest absolute Gasteiger partial charge is 0.326 e. The molecule has 0 N–H and O–H groups in total. The predicted molar refractivity (Wildman–Crippen MR) is 99.7 cm³/mol. The Balaban J connectivity index is 2.09. The third-order valence-electron chi connectivity index (χ3n) is 4.17. The van der Waals surface area contributed by atoms with Gasteiger partial charge in [-0.15, -0.1) is 0 Å². The van der Waals surface area contributed by atoms with Crippen LogP contribution in [0, 0.1) is 6.92 Å². The minimum Gasteiger partial charge on any atom is -0.459 e. The Morgan fingerprint density at radius 3 is 2.20 bits per heavy atom. The largest absolute Gasteiger partial charge is 0.459 e. The van der Waals surface area contributed by atoms with Crippen LogP contribution in [0.5, 0.6) is 0 Å². The van der Waals surface area contributed by atoms with E-state index in [-0.39, 0.29) is 25.0 Å². The molecule has 0 aliphatic carbocycles. The second-order valence-corrected chi connectivity index (χ2v) is 7.72. The zero-order valence-electron chi connectivity index (χ0n) is 15.9. The SMILES string of the molecule is Cc1ccc(N(CC(=O)OC(C)(C)C)CC(=O)N2CCCCC2)cc1. The average Bonchev–Trinajstić information content (AvgIpc) is 2.54. The molecule has 1 aromatic rings. The molecule has 0 bridgehead atoms. The fourth-order valence-electron chi connectivity index (χ4n) is 2.93. The lowest BCUT2D eigenvalue weighted by molar-refractivity contribution is -0.153. The number of likely N-dealkylation sites (tertiary alicyclic amines) is 1. The molecular formula is C20H30N2O3. The van der Waals surface area contributed by atoms with E-state index < -0.39 is 5.60 Å². The number of anilines is 1. The molecule has 25 heavy (non-hydrogen) atoms. The van der Waals surface area contributed by atoms with E-state index >= 15 is 0 Å². The topological polar surface area (TPSA) is 49.9 Å². The maximum Gasteiger partial charge on any atom is 0.326 e. The molecule has 138 valence electrons. The molecule has 1 heterocycles. The van der Waals surface area contributed by atoms with Crippen LogP contribution in [0.4, 0.5) is 5.69 Å². The number of hydrogen-bond acceptors (Lipinski definition) is 4. The van der Waals surface area contributed by atoms with Crippen molar-refractivity contribution in [3.63, 3.8) is 0 Å². The monoisotopic (exact) mass is 346 g/mol. The number of aryl methyl sites for hydroxylation is 1. The van der Waals surface area contributed by atoms with Crippen LogP contribution in [0.2, 0.25) is 0 Å². The Hall–Kier alpha value is -2.04. The number of benzene rings is 1. The van der Waals surface area contributed by atoms with Crippen molar-refractivity contribution in [3.8, 4) is 0 Å². The van der Waals surface area contributed by atoms with E-state index in [1.54, 1.807) is 0 Å². The van der Waals surface area contributed by atoms with Crippen LogP contribution >= 0.6 is 0 Å². The van der Waals surface area contributed by atoms with Gasteiger partial charge in [0.25, 0.3) is 0 Å². The standard InChI is InChI=1S/C20H30N2O3/c1-16-8-10-17(11-9-16)22(15-19(24)25-20(2,3)4)14-18(23)21-12-6-5-7-13-21/h8-11H,5-7,12-15H2,1-4H3. The number of carbonyl (C=O) groups excluding carboxylic acids is 2. The number of hydrogen-bond donors (Lipinski definition) is 0. The average molecular weight is 346 g/mol. The molecular weight excluding hydrogens is 316 g/mol. The molecule has 0 spiro atoms. The summed E-state index contributed by atoms with van der Waals surface area (Å²) in [6.45, 7) is 9.45. The van der Waals surface area contributed by atoms with E-state index in [0.29, 0.717) is 0 Å². The summed E-state index contributed by atoms with van der Waals surface area (Å²) < 4.78 is 5.43. The summed E-state index contributed by atoms with van der Waals surface area (Å²) in [5.74, 6) is -0.247. The molecule has 1 aliphatic rings. The fourth-order valence-corrected chi connectivity index (χ4v) is 2.93. The van der Waals surface area contributed by atoms with Crippen LogP contribution in [0.15, 0.2) is 24.3 Å². The Labute approximate surface area is 150 Å². The Morgan fingerprint density at radius 1 is 1.04 bits per heavy atom. The van der Waals surface area contributed by atoms with Gasteiger partial charge in [0, 0.05) is 18.8 Å². The zero-order valence-corrected chi connectivity index (χ0v) is 15.9. The molecule has 0 aromatic heterocycles. The summed E-state index contributed by atoms with van der Waals surface area (Å²) in [6.07, 6.45) is 3.30. The number of amides is 1. The van der Waals surface area contributed by atoms with Gasteiger partial charge in [0.2, 0.25) is 5.91 Å². The van der Waals surface area contributed by atoms with Crippen molar-refractivity contribution < 1.29 is 14.3 Å². The zero-order chi connectivity index (χ0) is 18.4. The first-order chi connectivity index (χ1) is 11.7. The lowest BCUT2D eigenvalue weighted by Crippen LogP contribution is -2.45. The second kappa shape index (κ2) is 8.37. The maximum atomic E-state index is 12.6. The minimum atomic E-state index is -0.535. The van der Waals surface area contributed by atoms with Gasteiger partial charge in [0.1, 0.15) is 12.1 Å². The van der Waals surface area contributed by atoms with Gasteiger partial charge in [-0.1, -0.05) is 17.7 Å². The first-order valence-corrected chi connectivity index (χ1v) is 9.06. The summed E-state index contributed by atoms with van der Waals surface area (Å²) in [5.41, 5.74) is 1.47. The normalized spacial score (nSPS) is 15.0. The van der Waals surface area contributed by atoms with Crippen molar-refractivity contribution in [2.75, 3.05) is 31.1 Å². The van der Waals surface area contributed by atoms with Crippen LogP contribution in [-0.2, 0) is 14.3 Å². The fraction of sp³-hybridized carbons (Fsp3) is 0.600. The van der Waals surface area contributed by atoms with Gasteiger partial charge < -0.3 is 14.5 Å². The molecule has 5 heteroatoms. The molecule has 0 radical (unpaired) electrons. The van der Waals surface area contributed by atoms with Crippen LogP contribution < -0.4 is 4.90 Å². The van der Waals surface area contributed by atoms with Gasteiger partial charge >= 0.3 is 5.97 Å². The quantitative estimate of drug-likeness (QED) is 0.769. The van der Waals surface area contributed by atoms with Crippen LogP contribution in [-0.4, -0.2) is 48.6 Å². The van der Waals surface area contributed by atoms with Crippen molar-refractivity contribution in [2.45, 2.75) is 52.6 Å². The third-order valence-corrected chi connectivity index (χ3v) is 4.17. The number of nitrogens with zero attached hydrogens (tertiary/aromatic N) is 2. The number of rotatable bonds is 5. The van der Waals surface area contributed by atoms with E-state index in [1.807, 2.05) is 61.8 Å². The Morgan fingerprint density at radius 2 is 1.64 bits per heavy atom. The molecule has 2 rings (SSSR count). The number of carbonyl (C=O) groups is 2. The molecule has 1 aromatic carbocycles. The van der Waals surface area contributed by atoms with Crippen LogP contribution in [0.25, 0.3) is 0 Å². The van der Waals surface area contributed by atoms with Gasteiger partial charge in [-0.05, 0) is 59.1 Å². The summed E-state index contributed by atoms with van der Waals surface area (Å²) in [7, 11) is 0. The van der Waals surface area contributed by atoms with Gasteiger partial charge in [0.05, 0.1) is 6.54 Å². The van der Waals surface area contributed by atoms with Gasteiger partial charge in [-0.25, -0.2) is 0 Å². The number of piperidine rings is 1. The highest BCUT2D eigenvalue weighted by atomic mass is 16.6. The highest BCUT2D eigenvalue weighted by Crippen LogP contribution is 2.17. The maximum absolute atomic E-state index is 12.6. The van der Waals surface area contributed by atoms with Gasteiger partial charge in [0.15, 0.2) is 0 Å². The molecule has 1 amide bonds.